The van der Waals surface area contributed by atoms with Gasteiger partial charge in [0.2, 0.25) is 5.91 Å². The number of carbonyl (C=O) groups is 1. The zero-order chi connectivity index (χ0) is 18.7. The van der Waals surface area contributed by atoms with Gasteiger partial charge in [-0.3, -0.25) is 4.79 Å². The molecule has 1 fully saturated rings. The van der Waals surface area contributed by atoms with Gasteiger partial charge in [0, 0.05) is 13.1 Å². The maximum absolute atomic E-state index is 12.5. The van der Waals surface area contributed by atoms with Crippen molar-refractivity contribution in [2.45, 2.75) is 50.7 Å². The molecule has 5 nitrogen and oxygen atoms in total. The molecule has 0 spiro atoms. The van der Waals surface area contributed by atoms with Gasteiger partial charge in [-0.15, -0.1) is 24.8 Å². The second kappa shape index (κ2) is 10.1. The minimum absolute atomic E-state index is 0. The van der Waals surface area contributed by atoms with Crippen LogP contribution < -0.4 is 11.1 Å². The Hall–Kier alpha value is -2.08. The van der Waals surface area contributed by atoms with Crippen LogP contribution >= 0.6 is 24.8 Å². The van der Waals surface area contributed by atoms with Crippen molar-refractivity contribution in [2.75, 3.05) is 0 Å². The molecule has 1 saturated carbocycles. The average Bonchev–Trinajstić information content (AvgIpc) is 3.10. The number of fused-ring (bicyclic) bond motifs is 1. The van der Waals surface area contributed by atoms with Crippen LogP contribution in [-0.4, -0.2) is 21.0 Å². The summed E-state index contributed by atoms with van der Waals surface area (Å²) in [7, 11) is 0. The molecule has 7 heteroatoms. The fraction of sp³-hybridized carbons (Fsp3) is 0.364. The fourth-order valence-corrected chi connectivity index (χ4v) is 3.94. The number of nitrogens with zero attached hydrogens (tertiary/aromatic N) is 2. The van der Waals surface area contributed by atoms with Gasteiger partial charge in [-0.1, -0.05) is 55.7 Å². The van der Waals surface area contributed by atoms with Crippen LogP contribution in [-0.2, 0) is 17.9 Å². The van der Waals surface area contributed by atoms with Crippen LogP contribution in [0.25, 0.3) is 11.0 Å². The van der Waals surface area contributed by atoms with Gasteiger partial charge in [-0.25, -0.2) is 4.98 Å². The Bertz CT molecular complexity index is 951. The SMILES string of the molecule is Cl.Cl.NC1(C(=O)NCc2cccc(Cn3cnc4ccccc43)c2)CCCCC1. The van der Waals surface area contributed by atoms with Crippen LogP contribution in [0.2, 0.25) is 0 Å². The predicted molar refractivity (Wildman–Crippen MR) is 122 cm³/mol. The Kier molecular flexibility index (Phi) is 8.08. The van der Waals surface area contributed by atoms with Gasteiger partial charge in [0.1, 0.15) is 0 Å². The first-order chi connectivity index (χ1) is 13.1. The van der Waals surface area contributed by atoms with E-state index in [4.69, 9.17) is 5.73 Å². The summed E-state index contributed by atoms with van der Waals surface area (Å²) in [5, 5.41) is 3.04. The standard InChI is InChI=1S/C22H26N4O.2ClH/c23-22(11-4-1-5-12-22)21(27)24-14-17-7-6-8-18(13-17)15-26-16-25-19-9-2-3-10-20(19)26;;/h2-3,6-10,13,16H,1,4-5,11-12,14-15,23H2,(H,24,27);2*1H. The van der Waals surface area contributed by atoms with Crippen LogP contribution in [0, 0.1) is 0 Å². The molecule has 1 amide bonds. The number of carbonyl (C=O) groups excluding carboxylic acids is 1. The minimum Gasteiger partial charge on any atom is -0.350 e. The van der Waals surface area contributed by atoms with E-state index in [-0.39, 0.29) is 30.7 Å². The van der Waals surface area contributed by atoms with Gasteiger partial charge in [-0.05, 0) is 36.1 Å². The Morgan fingerprint density at radius 3 is 2.55 bits per heavy atom. The summed E-state index contributed by atoms with van der Waals surface area (Å²) in [6.07, 6.45) is 6.70. The van der Waals surface area contributed by atoms with E-state index in [0.717, 1.165) is 48.8 Å². The Morgan fingerprint density at radius 2 is 1.76 bits per heavy atom. The number of imidazole rings is 1. The summed E-state index contributed by atoms with van der Waals surface area (Å²) in [5.41, 5.74) is 10.0. The van der Waals surface area contributed by atoms with Crippen molar-refractivity contribution in [1.29, 1.82) is 0 Å². The lowest BCUT2D eigenvalue weighted by Crippen LogP contribution is -2.54. The summed E-state index contributed by atoms with van der Waals surface area (Å²) in [5.74, 6) is -0.0202. The van der Waals surface area contributed by atoms with Crippen molar-refractivity contribution in [1.82, 2.24) is 14.9 Å². The molecular formula is C22H28Cl2N4O. The summed E-state index contributed by atoms with van der Waals surface area (Å²) in [6.45, 7) is 1.26. The lowest BCUT2D eigenvalue weighted by atomic mass is 9.82. The third-order valence-electron chi connectivity index (χ3n) is 5.52. The number of aromatic nitrogens is 2. The molecule has 29 heavy (non-hydrogen) atoms. The number of benzene rings is 2. The van der Waals surface area contributed by atoms with Crippen molar-refractivity contribution < 1.29 is 4.79 Å². The van der Waals surface area contributed by atoms with Gasteiger partial charge in [0.05, 0.1) is 22.9 Å². The van der Waals surface area contributed by atoms with E-state index >= 15 is 0 Å². The quantitative estimate of drug-likeness (QED) is 0.631. The summed E-state index contributed by atoms with van der Waals surface area (Å²) in [4.78, 5) is 17.0. The Labute approximate surface area is 183 Å². The highest BCUT2D eigenvalue weighted by molar-refractivity contribution is 5.86. The minimum atomic E-state index is -0.689. The van der Waals surface area contributed by atoms with Gasteiger partial charge < -0.3 is 15.6 Å². The van der Waals surface area contributed by atoms with E-state index in [2.05, 4.69) is 33.1 Å². The molecule has 1 aliphatic rings. The number of amides is 1. The molecule has 0 saturated heterocycles. The lowest BCUT2D eigenvalue weighted by Gasteiger charge is -2.31. The zero-order valence-corrected chi connectivity index (χ0v) is 18.0. The number of para-hydroxylation sites is 2. The maximum atomic E-state index is 12.5. The molecule has 1 heterocycles. The first-order valence-electron chi connectivity index (χ1n) is 9.69. The van der Waals surface area contributed by atoms with Crippen molar-refractivity contribution in [3.05, 3.63) is 66.0 Å². The number of hydrogen-bond donors (Lipinski definition) is 2. The first kappa shape index (κ1) is 23.2. The van der Waals surface area contributed by atoms with E-state index in [9.17, 15) is 4.79 Å². The van der Waals surface area contributed by atoms with Gasteiger partial charge in [0.15, 0.2) is 0 Å². The number of hydrogen-bond acceptors (Lipinski definition) is 3. The van der Waals surface area contributed by atoms with Crippen LogP contribution in [0.5, 0.6) is 0 Å². The van der Waals surface area contributed by atoms with Crippen molar-refractivity contribution in [3.63, 3.8) is 0 Å². The predicted octanol–water partition coefficient (Wildman–Crippen LogP) is 4.21. The molecule has 3 aromatic rings. The molecule has 3 N–H and O–H groups in total. The molecule has 2 aromatic carbocycles. The zero-order valence-electron chi connectivity index (χ0n) is 16.3. The summed E-state index contributed by atoms with van der Waals surface area (Å²) in [6, 6.07) is 16.4. The molecule has 156 valence electrons. The number of nitrogens with one attached hydrogen (secondary N) is 1. The van der Waals surface area contributed by atoms with Crippen molar-refractivity contribution in [3.8, 4) is 0 Å². The maximum Gasteiger partial charge on any atom is 0.240 e. The number of halogens is 2. The van der Waals surface area contributed by atoms with Crippen molar-refractivity contribution >= 4 is 41.8 Å². The van der Waals surface area contributed by atoms with Gasteiger partial charge in [-0.2, -0.15) is 0 Å². The molecule has 1 aromatic heterocycles. The third kappa shape index (κ3) is 5.30. The second-order valence-electron chi connectivity index (χ2n) is 7.58. The highest BCUT2D eigenvalue weighted by Crippen LogP contribution is 2.26. The second-order valence-corrected chi connectivity index (χ2v) is 7.58. The summed E-state index contributed by atoms with van der Waals surface area (Å²) >= 11 is 0. The third-order valence-corrected chi connectivity index (χ3v) is 5.52. The summed E-state index contributed by atoms with van der Waals surface area (Å²) < 4.78 is 2.14. The normalized spacial score (nSPS) is 15.2. The van der Waals surface area contributed by atoms with Crippen LogP contribution in [0.1, 0.15) is 43.2 Å². The molecule has 4 rings (SSSR count). The van der Waals surface area contributed by atoms with E-state index in [1.54, 1.807) is 0 Å². The fourth-order valence-electron chi connectivity index (χ4n) is 3.94. The molecule has 0 aliphatic heterocycles. The molecule has 0 atom stereocenters. The van der Waals surface area contributed by atoms with E-state index in [0.29, 0.717) is 6.54 Å². The smallest absolute Gasteiger partial charge is 0.240 e. The molecule has 0 unspecified atom stereocenters. The van der Waals surface area contributed by atoms with Crippen LogP contribution in [0.15, 0.2) is 54.9 Å². The van der Waals surface area contributed by atoms with Crippen molar-refractivity contribution in [2.24, 2.45) is 5.73 Å². The van der Waals surface area contributed by atoms with E-state index in [1.165, 1.54) is 12.0 Å². The Morgan fingerprint density at radius 1 is 1.03 bits per heavy atom. The molecule has 0 bridgehead atoms. The number of rotatable bonds is 5. The van der Waals surface area contributed by atoms with E-state index in [1.807, 2.05) is 36.7 Å². The van der Waals surface area contributed by atoms with Crippen LogP contribution in [0.4, 0.5) is 0 Å². The van der Waals surface area contributed by atoms with Gasteiger partial charge in [0.25, 0.3) is 0 Å². The lowest BCUT2D eigenvalue weighted by molar-refractivity contribution is -0.127. The molecule has 0 radical (unpaired) electrons. The highest BCUT2D eigenvalue weighted by Gasteiger charge is 2.34. The van der Waals surface area contributed by atoms with E-state index < -0.39 is 5.54 Å². The number of nitrogens with two attached hydrogens (primary N) is 1. The average molecular weight is 435 g/mol. The Balaban J connectivity index is 0.00000150. The highest BCUT2D eigenvalue weighted by atomic mass is 35.5. The molecular weight excluding hydrogens is 407 g/mol. The topological polar surface area (TPSA) is 72.9 Å². The first-order valence-corrected chi connectivity index (χ1v) is 9.69. The van der Waals surface area contributed by atoms with Gasteiger partial charge >= 0.3 is 0 Å². The largest absolute Gasteiger partial charge is 0.350 e. The van der Waals surface area contributed by atoms with Crippen LogP contribution in [0.3, 0.4) is 0 Å². The monoisotopic (exact) mass is 434 g/mol. The molecule has 1 aliphatic carbocycles.